The number of nitrogens with one attached hydrogen (secondary N) is 1. The molecular weight excluding hydrogens is 378 g/mol. The molecule has 2 fully saturated rings. The molecule has 1 aliphatic carbocycles. The summed E-state index contributed by atoms with van der Waals surface area (Å²) in [7, 11) is -3.66. The van der Waals surface area contributed by atoms with Crippen LogP contribution in [-0.2, 0) is 19.6 Å². The molecule has 1 aromatic rings. The van der Waals surface area contributed by atoms with Gasteiger partial charge in [0.2, 0.25) is 21.8 Å². The zero-order valence-corrected chi connectivity index (χ0v) is 17.6. The van der Waals surface area contributed by atoms with Gasteiger partial charge in [0.1, 0.15) is 0 Å². The van der Waals surface area contributed by atoms with Crippen molar-refractivity contribution in [1.29, 1.82) is 0 Å². The number of sulfonamides is 1. The normalized spacial score (nSPS) is 17.7. The Kier molecular flexibility index (Phi) is 6.09. The van der Waals surface area contributed by atoms with Gasteiger partial charge in [-0.3, -0.25) is 9.59 Å². The van der Waals surface area contributed by atoms with E-state index < -0.39 is 10.0 Å². The van der Waals surface area contributed by atoms with Crippen molar-refractivity contribution < 1.29 is 18.0 Å². The molecule has 2 amide bonds. The molecule has 0 radical (unpaired) electrons. The van der Waals surface area contributed by atoms with Gasteiger partial charge in [-0.2, -0.15) is 0 Å². The SMILES string of the molecule is Cc1cc(C)c(S(=O)(=O)NCCC(=O)N2CCN(C(=O)C3CC3)CC2)c(C)c1. The van der Waals surface area contributed by atoms with Crippen LogP contribution in [0, 0.1) is 26.7 Å². The highest BCUT2D eigenvalue weighted by Crippen LogP contribution is 2.31. The Morgan fingerprint density at radius 1 is 1.00 bits per heavy atom. The second-order valence-electron chi connectivity index (χ2n) is 7.86. The molecular formula is C20H29N3O4S. The van der Waals surface area contributed by atoms with Gasteiger partial charge in [0.05, 0.1) is 4.90 Å². The van der Waals surface area contributed by atoms with E-state index in [4.69, 9.17) is 0 Å². The second kappa shape index (κ2) is 8.21. The van der Waals surface area contributed by atoms with E-state index in [1.54, 1.807) is 18.7 Å². The molecule has 1 saturated carbocycles. The van der Waals surface area contributed by atoms with Crippen molar-refractivity contribution in [3.8, 4) is 0 Å². The number of benzene rings is 1. The van der Waals surface area contributed by atoms with Gasteiger partial charge in [-0.1, -0.05) is 17.7 Å². The fraction of sp³-hybridized carbons (Fsp3) is 0.600. The van der Waals surface area contributed by atoms with E-state index in [1.165, 1.54) is 0 Å². The third kappa shape index (κ3) is 4.72. The molecule has 0 spiro atoms. The number of amides is 2. The molecule has 1 aliphatic heterocycles. The minimum atomic E-state index is -3.66. The Balaban J connectivity index is 1.49. The minimum Gasteiger partial charge on any atom is -0.339 e. The van der Waals surface area contributed by atoms with Crippen molar-refractivity contribution in [3.05, 3.63) is 28.8 Å². The fourth-order valence-corrected chi connectivity index (χ4v) is 5.36. The first-order chi connectivity index (χ1) is 13.2. The van der Waals surface area contributed by atoms with Gasteiger partial charge in [0.25, 0.3) is 0 Å². The summed E-state index contributed by atoms with van der Waals surface area (Å²) in [4.78, 5) is 28.3. The Morgan fingerprint density at radius 3 is 2.07 bits per heavy atom. The van der Waals surface area contributed by atoms with Crippen LogP contribution in [0.1, 0.15) is 36.0 Å². The highest BCUT2D eigenvalue weighted by Gasteiger charge is 2.35. The van der Waals surface area contributed by atoms with E-state index in [0.717, 1.165) is 18.4 Å². The lowest BCUT2D eigenvalue weighted by Crippen LogP contribution is -2.51. The molecule has 8 heteroatoms. The number of rotatable bonds is 6. The Morgan fingerprint density at radius 2 is 1.54 bits per heavy atom. The van der Waals surface area contributed by atoms with Crippen LogP contribution in [-0.4, -0.2) is 62.8 Å². The molecule has 1 saturated heterocycles. The van der Waals surface area contributed by atoms with Crippen LogP contribution in [0.2, 0.25) is 0 Å². The average Bonchev–Trinajstić information content (AvgIpc) is 3.45. The molecule has 0 unspecified atom stereocenters. The van der Waals surface area contributed by atoms with E-state index in [-0.39, 0.29) is 35.6 Å². The quantitative estimate of drug-likeness (QED) is 0.771. The van der Waals surface area contributed by atoms with Gasteiger partial charge in [-0.15, -0.1) is 0 Å². The highest BCUT2D eigenvalue weighted by atomic mass is 32.2. The van der Waals surface area contributed by atoms with E-state index in [1.807, 2.05) is 24.0 Å². The molecule has 1 aromatic carbocycles. The highest BCUT2D eigenvalue weighted by molar-refractivity contribution is 7.89. The largest absolute Gasteiger partial charge is 0.339 e. The molecule has 0 aromatic heterocycles. The molecule has 154 valence electrons. The number of carbonyl (C=O) groups is 2. The lowest BCUT2D eigenvalue weighted by atomic mass is 10.1. The molecule has 0 atom stereocenters. The predicted molar refractivity (Wildman–Crippen MR) is 106 cm³/mol. The van der Waals surface area contributed by atoms with Gasteiger partial charge < -0.3 is 9.80 Å². The lowest BCUT2D eigenvalue weighted by molar-refractivity contribution is -0.140. The van der Waals surface area contributed by atoms with Gasteiger partial charge >= 0.3 is 0 Å². The number of nitrogens with zero attached hydrogens (tertiary/aromatic N) is 2. The van der Waals surface area contributed by atoms with Crippen LogP contribution >= 0.6 is 0 Å². The minimum absolute atomic E-state index is 0.0646. The van der Waals surface area contributed by atoms with E-state index >= 15 is 0 Å². The van der Waals surface area contributed by atoms with E-state index in [0.29, 0.717) is 37.3 Å². The van der Waals surface area contributed by atoms with Gasteiger partial charge in [-0.25, -0.2) is 13.1 Å². The molecule has 2 aliphatic rings. The molecule has 28 heavy (non-hydrogen) atoms. The number of carbonyl (C=O) groups excluding carboxylic acids is 2. The standard InChI is InChI=1S/C20H29N3O4S/c1-14-12-15(2)19(16(3)13-14)28(26,27)21-7-6-18(24)22-8-10-23(11-9-22)20(25)17-4-5-17/h12-13,17,21H,4-11H2,1-3H3. The molecule has 0 bridgehead atoms. The Bertz CT molecular complexity index is 846. The van der Waals surface area contributed by atoms with Crippen molar-refractivity contribution in [1.82, 2.24) is 14.5 Å². The average molecular weight is 408 g/mol. The fourth-order valence-electron chi connectivity index (χ4n) is 3.88. The Labute approximate surface area is 167 Å². The molecule has 1 N–H and O–H groups in total. The summed E-state index contributed by atoms with van der Waals surface area (Å²) in [6.45, 7) is 7.71. The first-order valence-electron chi connectivity index (χ1n) is 9.83. The first kappa shape index (κ1) is 20.8. The van der Waals surface area contributed by atoms with Crippen LogP contribution in [0.15, 0.2) is 17.0 Å². The summed E-state index contributed by atoms with van der Waals surface area (Å²) < 4.78 is 27.9. The number of hydrogen-bond donors (Lipinski definition) is 1. The third-order valence-electron chi connectivity index (χ3n) is 5.37. The zero-order valence-electron chi connectivity index (χ0n) is 16.8. The topological polar surface area (TPSA) is 86.8 Å². The maximum absolute atomic E-state index is 12.7. The van der Waals surface area contributed by atoms with Crippen LogP contribution in [0.4, 0.5) is 0 Å². The number of piperazine rings is 1. The molecule has 1 heterocycles. The second-order valence-corrected chi connectivity index (χ2v) is 9.56. The number of hydrogen-bond acceptors (Lipinski definition) is 4. The van der Waals surface area contributed by atoms with Gasteiger partial charge in [0, 0.05) is 45.1 Å². The number of aryl methyl sites for hydroxylation is 3. The predicted octanol–water partition coefficient (Wildman–Crippen LogP) is 1.36. The van der Waals surface area contributed by atoms with Crippen molar-refractivity contribution >= 4 is 21.8 Å². The van der Waals surface area contributed by atoms with E-state index in [2.05, 4.69) is 4.72 Å². The smallest absolute Gasteiger partial charge is 0.241 e. The molecule has 7 nitrogen and oxygen atoms in total. The zero-order chi connectivity index (χ0) is 20.5. The summed E-state index contributed by atoms with van der Waals surface area (Å²) in [6.07, 6.45) is 2.08. The first-order valence-corrected chi connectivity index (χ1v) is 11.3. The summed E-state index contributed by atoms with van der Waals surface area (Å²) in [6, 6.07) is 3.68. The van der Waals surface area contributed by atoms with Crippen LogP contribution in [0.25, 0.3) is 0 Å². The summed E-state index contributed by atoms with van der Waals surface area (Å²) >= 11 is 0. The summed E-state index contributed by atoms with van der Waals surface area (Å²) in [5.74, 6) is 0.326. The van der Waals surface area contributed by atoms with Crippen LogP contribution in [0.3, 0.4) is 0 Å². The lowest BCUT2D eigenvalue weighted by Gasteiger charge is -2.35. The molecule has 3 rings (SSSR count). The monoisotopic (exact) mass is 407 g/mol. The van der Waals surface area contributed by atoms with Crippen LogP contribution < -0.4 is 4.72 Å². The van der Waals surface area contributed by atoms with Gasteiger partial charge in [0.15, 0.2) is 0 Å². The maximum Gasteiger partial charge on any atom is 0.241 e. The third-order valence-corrected chi connectivity index (χ3v) is 7.14. The van der Waals surface area contributed by atoms with Crippen LogP contribution in [0.5, 0.6) is 0 Å². The Hall–Kier alpha value is -1.93. The summed E-state index contributed by atoms with van der Waals surface area (Å²) in [5, 5.41) is 0. The van der Waals surface area contributed by atoms with Crippen molar-refractivity contribution in [2.75, 3.05) is 32.7 Å². The van der Waals surface area contributed by atoms with Gasteiger partial charge in [-0.05, 0) is 44.7 Å². The van der Waals surface area contributed by atoms with E-state index in [9.17, 15) is 18.0 Å². The summed E-state index contributed by atoms with van der Waals surface area (Å²) in [5.41, 5.74) is 2.42. The maximum atomic E-state index is 12.7. The van der Waals surface area contributed by atoms with Crippen molar-refractivity contribution in [2.45, 2.75) is 44.9 Å². The van der Waals surface area contributed by atoms with Crippen molar-refractivity contribution in [3.63, 3.8) is 0 Å². The van der Waals surface area contributed by atoms with Crippen molar-refractivity contribution in [2.24, 2.45) is 5.92 Å².